The minimum Gasteiger partial charge on any atom is -0.317 e. The van der Waals surface area contributed by atoms with Gasteiger partial charge in [-0.3, -0.25) is 0 Å². The Bertz CT molecular complexity index is 660. The molecule has 0 saturated heterocycles. The number of rotatable bonds is 5. The molecule has 7 unspecified atom stereocenters. The molecule has 0 heterocycles. The van der Waals surface area contributed by atoms with Crippen LogP contribution in [0.15, 0.2) is 0 Å². The van der Waals surface area contributed by atoms with Crippen LogP contribution >= 0.6 is 0 Å². The predicted molar refractivity (Wildman–Crippen MR) is 121 cm³/mol. The van der Waals surface area contributed by atoms with E-state index in [1.54, 1.807) is 0 Å². The Kier molecular flexibility index (Phi) is 8.70. The molecule has 4 fully saturated rings. The van der Waals surface area contributed by atoms with Crippen LogP contribution in [0.5, 0.6) is 0 Å². The van der Waals surface area contributed by atoms with Gasteiger partial charge < -0.3 is 4.74 Å². The first kappa shape index (κ1) is 27.5. The number of hydrogen-bond donors (Lipinski definition) is 0. The van der Waals surface area contributed by atoms with Crippen LogP contribution in [0.2, 0.25) is 0 Å². The number of halogens is 7. The van der Waals surface area contributed by atoms with E-state index < -0.39 is 79.6 Å². The Morgan fingerprint density at radius 3 is 1.63 bits per heavy atom. The van der Waals surface area contributed by atoms with Gasteiger partial charge in [-0.25, -0.2) is 22.0 Å². The molecular formula is C27H41F7O. The fraction of sp³-hybridized carbons (Fsp3) is 1.00. The maximum absolute atomic E-state index is 15.2. The van der Waals surface area contributed by atoms with Crippen LogP contribution in [0.25, 0.3) is 0 Å². The smallest absolute Gasteiger partial charge is 0.317 e. The van der Waals surface area contributed by atoms with Crippen LogP contribution < -0.4 is 0 Å². The molecule has 4 saturated carbocycles. The lowest BCUT2D eigenvalue weighted by atomic mass is 9.64. The van der Waals surface area contributed by atoms with Crippen molar-refractivity contribution >= 4 is 0 Å². The molecule has 0 aromatic heterocycles. The van der Waals surface area contributed by atoms with Crippen molar-refractivity contribution in [3.05, 3.63) is 0 Å². The minimum atomic E-state index is -4.18. The van der Waals surface area contributed by atoms with Gasteiger partial charge in [0.25, 0.3) is 0 Å². The molecule has 0 radical (unpaired) electrons. The summed E-state index contributed by atoms with van der Waals surface area (Å²) < 4.78 is 108. The van der Waals surface area contributed by atoms with E-state index in [-0.39, 0.29) is 12.8 Å². The number of hydrogen-bond acceptors (Lipinski definition) is 1. The van der Waals surface area contributed by atoms with Gasteiger partial charge in [0, 0.05) is 18.8 Å². The van der Waals surface area contributed by atoms with E-state index in [9.17, 15) is 17.6 Å². The SMILES string of the molecule is CC1CCC(C2CCC(C3CC(F)C(C(F)(F)OC4CC(F)C(C)C(F)C4)C(F)C3)C(F)C2)CC1. The second kappa shape index (κ2) is 11.1. The second-order valence-corrected chi connectivity index (χ2v) is 12.2. The van der Waals surface area contributed by atoms with Crippen molar-refractivity contribution in [2.45, 2.75) is 128 Å². The van der Waals surface area contributed by atoms with Gasteiger partial charge in [0.1, 0.15) is 36.8 Å². The maximum Gasteiger partial charge on any atom is 0.364 e. The highest BCUT2D eigenvalue weighted by Gasteiger charge is 2.57. The molecule has 0 aliphatic heterocycles. The Balaban J connectivity index is 1.32. The zero-order chi connectivity index (χ0) is 25.5. The highest BCUT2D eigenvalue weighted by atomic mass is 19.3. The summed E-state index contributed by atoms with van der Waals surface area (Å²) in [5.74, 6) is -2.89. The summed E-state index contributed by atoms with van der Waals surface area (Å²) in [6.45, 7) is 3.60. The molecule has 0 N–H and O–H groups in total. The van der Waals surface area contributed by atoms with Gasteiger partial charge in [-0.05, 0) is 74.5 Å². The minimum absolute atomic E-state index is 0.294. The summed E-state index contributed by atoms with van der Waals surface area (Å²) in [5, 5.41) is 0. The van der Waals surface area contributed by atoms with Gasteiger partial charge in [0.2, 0.25) is 0 Å². The maximum atomic E-state index is 15.2. The van der Waals surface area contributed by atoms with Crippen LogP contribution in [0.4, 0.5) is 30.7 Å². The van der Waals surface area contributed by atoms with Crippen LogP contribution in [-0.4, -0.2) is 43.1 Å². The van der Waals surface area contributed by atoms with Crippen molar-refractivity contribution in [2.75, 3.05) is 0 Å². The molecule has 0 aromatic carbocycles. The quantitative estimate of drug-likeness (QED) is 0.335. The molecule has 4 aliphatic carbocycles. The van der Waals surface area contributed by atoms with E-state index in [2.05, 4.69) is 11.7 Å². The van der Waals surface area contributed by atoms with Gasteiger partial charge >= 0.3 is 6.11 Å². The zero-order valence-corrected chi connectivity index (χ0v) is 20.8. The van der Waals surface area contributed by atoms with E-state index in [1.165, 1.54) is 6.92 Å². The summed E-state index contributed by atoms with van der Waals surface area (Å²) in [6, 6.07) is 0. The van der Waals surface area contributed by atoms with E-state index >= 15 is 13.2 Å². The number of ether oxygens (including phenoxy) is 1. The molecule has 8 heteroatoms. The van der Waals surface area contributed by atoms with Crippen molar-refractivity contribution in [3.63, 3.8) is 0 Å². The van der Waals surface area contributed by atoms with Gasteiger partial charge in [-0.1, -0.05) is 26.7 Å². The van der Waals surface area contributed by atoms with Crippen LogP contribution in [0.3, 0.4) is 0 Å². The molecule has 0 amide bonds. The van der Waals surface area contributed by atoms with Crippen molar-refractivity contribution in [3.8, 4) is 0 Å². The second-order valence-electron chi connectivity index (χ2n) is 12.2. The molecular weight excluding hydrogens is 473 g/mol. The molecule has 35 heavy (non-hydrogen) atoms. The zero-order valence-electron chi connectivity index (χ0n) is 20.8. The summed E-state index contributed by atoms with van der Waals surface area (Å²) in [4.78, 5) is 0. The monoisotopic (exact) mass is 514 g/mol. The summed E-state index contributed by atoms with van der Waals surface area (Å²) in [5.41, 5.74) is 0. The fourth-order valence-corrected chi connectivity index (χ4v) is 7.50. The number of alkyl halides is 7. The molecule has 0 aromatic rings. The van der Waals surface area contributed by atoms with Crippen LogP contribution in [0.1, 0.15) is 84.5 Å². The van der Waals surface area contributed by atoms with Crippen molar-refractivity contribution in [2.24, 2.45) is 41.4 Å². The Labute approximate surface area is 204 Å². The van der Waals surface area contributed by atoms with Gasteiger partial charge in [-0.15, -0.1) is 0 Å². The highest BCUT2D eigenvalue weighted by molar-refractivity contribution is 4.97. The van der Waals surface area contributed by atoms with E-state index in [1.807, 2.05) is 0 Å². The lowest BCUT2D eigenvalue weighted by molar-refractivity contribution is -0.323. The van der Waals surface area contributed by atoms with E-state index in [0.29, 0.717) is 30.6 Å². The van der Waals surface area contributed by atoms with Crippen molar-refractivity contribution in [1.82, 2.24) is 0 Å². The van der Waals surface area contributed by atoms with Crippen LogP contribution in [0, 0.1) is 41.4 Å². The molecule has 4 aliphatic rings. The third-order valence-electron chi connectivity index (χ3n) is 9.86. The molecule has 204 valence electrons. The summed E-state index contributed by atoms with van der Waals surface area (Å²) in [6.07, 6.45) is -9.70. The summed E-state index contributed by atoms with van der Waals surface area (Å²) in [7, 11) is 0. The van der Waals surface area contributed by atoms with E-state index in [4.69, 9.17) is 0 Å². The third kappa shape index (κ3) is 6.14. The lowest BCUT2D eigenvalue weighted by Gasteiger charge is -2.45. The first-order chi connectivity index (χ1) is 16.5. The van der Waals surface area contributed by atoms with Crippen molar-refractivity contribution < 1.29 is 35.5 Å². The van der Waals surface area contributed by atoms with Gasteiger partial charge in [0.05, 0.1) is 6.10 Å². The van der Waals surface area contributed by atoms with Crippen molar-refractivity contribution in [1.29, 1.82) is 0 Å². The van der Waals surface area contributed by atoms with Crippen LogP contribution in [-0.2, 0) is 4.74 Å². The molecule has 0 bridgehead atoms. The topological polar surface area (TPSA) is 9.23 Å². The third-order valence-corrected chi connectivity index (χ3v) is 9.86. The Morgan fingerprint density at radius 1 is 0.571 bits per heavy atom. The standard InChI is InChI=1S/C27H41F7O/c1-14-3-5-16(6-4-14)17-7-8-20(23(30)9-17)18-10-24(31)26(25(32)11-18)27(33,34)35-19-12-21(28)15(2)22(29)13-19/h14-26H,3-13H2,1-2H3. The fourth-order valence-electron chi connectivity index (χ4n) is 7.50. The van der Waals surface area contributed by atoms with E-state index in [0.717, 1.165) is 32.1 Å². The summed E-state index contributed by atoms with van der Waals surface area (Å²) >= 11 is 0. The normalized spacial score (nSPS) is 50.1. The molecule has 7 atom stereocenters. The molecule has 4 rings (SSSR count). The Hall–Kier alpha value is -0.530. The highest BCUT2D eigenvalue weighted by Crippen LogP contribution is 2.51. The average Bonchev–Trinajstić information content (AvgIpc) is 2.76. The Morgan fingerprint density at radius 2 is 1.09 bits per heavy atom. The van der Waals surface area contributed by atoms with Gasteiger partial charge in [-0.2, -0.15) is 8.78 Å². The first-order valence-electron chi connectivity index (χ1n) is 13.7. The lowest BCUT2D eigenvalue weighted by Crippen LogP contribution is -2.52. The first-order valence-corrected chi connectivity index (χ1v) is 13.7. The molecule has 0 spiro atoms. The largest absolute Gasteiger partial charge is 0.364 e. The predicted octanol–water partition coefficient (Wildman–Crippen LogP) is 8.35. The van der Waals surface area contributed by atoms with Gasteiger partial charge in [0.15, 0.2) is 0 Å². The average molecular weight is 515 g/mol. The molecule has 1 nitrogen and oxygen atoms in total.